The number of nitrogens with zero attached hydrogens (tertiary/aromatic N) is 2. The minimum Gasteiger partial charge on any atom is -0.496 e. The van der Waals surface area contributed by atoms with Crippen molar-refractivity contribution in [3.05, 3.63) is 41.7 Å². The molecule has 6 heteroatoms. The summed E-state index contributed by atoms with van der Waals surface area (Å²) in [5, 5.41) is 6.91. The van der Waals surface area contributed by atoms with E-state index in [9.17, 15) is 4.79 Å². The number of anilines is 1. The lowest BCUT2D eigenvalue weighted by molar-refractivity contribution is 0.0934. The fourth-order valence-electron chi connectivity index (χ4n) is 2.05. The van der Waals surface area contributed by atoms with Crippen LogP contribution >= 0.6 is 0 Å². The van der Waals surface area contributed by atoms with Gasteiger partial charge in [0.05, 0.1) is 18.8 Å². The molecule has 1 atom stereocenters. The van der Waals surface area contributed by atoms with Crippen molar-refractivity contribution in [2.24, 2.45) is 7.05 Å². The zero-order valence-corrected chi connectivity index (χ0v) is 11.8. The molecule has 3 N–H and O–H groups in total. The summed E-state index contributed by atoms with van der Waals surface area (Å²) in [5.74, 6) is 0.427. The number of aromatic nitrogens is 2. The molecule has 0 aliphatic rings. The maximum absolute atomic E-state index is 12.2. The van der Waals surface area contributed by atoms with E-state index in [1.54, 1.807) is 20.4 Å². The van der Waals surface area contributed by atoms with Crippen LogP contribution in [0.25, 0.3) is 0 Å². The summed E-state index contributed by atoms with van der Waals surface area (Å²) in [4.78, 5) is 12.2. The number of nitrogen functional groups attached to an aromatic ring is 1. The monoisotopic (exact) mass is 274 g/mol. The van der Waals surface area contributed by atoms with Gasteiger partial charge >= 0.3 is 0 Å². The highest BCUT2D eigenvalue weighted by molar-refractivity contribution is 5.97. The number of benzene rings is 1. The number of nitrogens with two attached hydrogens (primary N) is 1. The highest BCUT2D eigenvalue weighted by atomic mass is 16.5. The van der Waals surface area contributed by atoms with Crippen LogP contribution in [0.15, 0.2) is 30.5 Å². The van der Waals surface area contributed by atoms with E-state index in [0.29, 0.717) is 5.69 Å². The molecule has 0 spiro atoms. The molecule has 1 aromatic heterocycles. The number of ether oxygens (including phenoxy) is 1. The molecule has 0 radical (unpaired) electrons. The molecule has 0 bridgehead atoms. The first-order valence-electron chi connectivity index (χ1n) is 6.25. The molecular formula is C14H18N4O2. The smallest absolute Gasteiger partial charge is 0.274 e. The first-order valence-corrected chi connectivity index (χ1v) is 6.25. The normalized spacial score (nSPS) is 11.9. The van der Waals surface area contributed by atoms with Crippen LogP contribution in [-0.2, 0) is 7.05 Å². The van der Waals surface area contributed by atoms with E-state index in [2.05, 4.69) is 10.4 Å². The van der Waals surface area contributed by atoms with Gasteiger partial charge in [0.15, 0.2) is 5.69 Å². The van der Waals surface area contributed by atoms with E-state index in [1.807, 2.05) is 31.2 Å². The molecule has 1 heterocycles. The molecule has 0 aliphatic carbocycles. The van der Waals surface area contributed by atoms with Crippen molar-refractivity contribution >= 4 is 11.6 Å². The van der Waals surface area contributed by atoms with Gasteiger partial charge in [0.2, 0.25) is 0 Å². The van der Waals surface area contributed by atoms with Crippen LogP contribution in [0.5, 0.6) is 5.75 Å². The summed E-state index contributed by atoms with van der Waals surface area (Å²) in [5.41, 5.74) is 7.23. The molecule has 0 saturated carbocycles. The molecule has 0 aliphatic heterocycles. The van der Waals surface area contributed by atoms with Crippen LogP contribution in [0, 0.1) is 0 Å². The van der Waals surface area contributed by atoms with Gasteiger partial charge in [0, 0.05) is 18.8 Å². The van der Waals surface area contributed by atoms with E-state index < -0.39 is 0 Å². The predicted octanol–water partition coefficient (Wildman–Crippen LogP) is 1.50. The van der Waals surface area contributed by atoms with Gasteiger partial charge < -0.3 is 15.8 Å². The van der Waals surface area contributed by atoms with E-state index >= 15 is 0 Å². The Hall–Kier alpha value is -2.50. The van der Waals surface area contributed by atoms with E-state index in [1.165, 1.54) is 4.68 Å². The molecule has 1 aromatic carbocycles. The number of amides is 1. The quantitative estimate of drug-likeness (QED) is 0.885. The van der Waals surface area contributed by atoms with Gasteiger partial charge in [-0.2, -0.15) is 5.10 Å². The zero-order valence-electron chi connectivity index (χ0n) is 11.8. The van der Waals surface area contributed by atoms with Gasteiger partial charge in [0.25, 0.3) is 5.91 Å². The van der Waals surface area contributed by atoms with Gasteiger partial charge in [-0.3, -0.25) is 9.48 Å². The summed E-state index contributed by atoms with van der Waals surface area (Å²) in [6.45, 7) is 1.88. The lowest BCUT2D eigenvalue weighted by Crippen LogP contribution is -2.28. The van der Waals surface area contributed by atoms with Crippen molar-refractivity contribution in [2.45, 2.75) is 13.0 Å². The topological polar surface area (TPSA) is 82.2 Å². The number of carbonyl (C=O) groups excluding carboxylic acids is 1. The Morgan fingerprint density at radius 1 is 1.45 bits per heavy atom. The van der Waals surface area contributed by atoms with Crippen molar-refractivity contribution in [1.29, 1.82) is 0 Å². The Labute approximate surface area is 117 Å². The van der Waals surface area contributed by atoms with Crippen LogP contribution in [0.1, 0.15) is 29.0 Å². The minimum absolute atomic E-state index is 0.208. The number of hydrogen-bond acceptors (Lipinski definition) is 4. The fraction of sp³-hybridized carbons (Fsp3) is 0.286. The van der Waals surface area contributed by atoms with Crippen LogP contribution in [0.4, 0.5) is 5.69 Å². The van der Waals surface area contributed by atoms with E-state index in [-0.39, 0.29) is 17.6 Å². The van der Waals surface area contributed by atoms with Gasteiger partial charge in [-0.05, 0) is 13.0 Å². The lowest BCUT2D eigenvalue weighted by atomic mass is 10.1. The third kappa shape index (κ3) is 2.74. The first kappa shape index (κ1) is 13.9. The molecule has 1 unspecified atom stereocenters. The second kappa shape index (κ2) is 5.64. The molecule has 2 rings (SSSR count). The van der Waals surface area contributed by atoms with Crippen LogP contribution in [0.3, 0.4) is 0 Å². The maximum Gasteiger partial charge on any atom is 0.274 e. The molecule has 20 heavy (non-hydrogen) atoms. The van der Waals surface area contributed by atoms with Gasteiger partial charge in [-0.15, -0.1) is 0 Å². The van der Waals surface area contributed by atoms with Crippen LogP contribution < -0.4 is 15.8 Å². The summed E-state index contributed by atoms with van der Waals surface area (Å²) in [6, 6.07) is 7.34. The minimum atomic E-state index is -0.304. The number of para-hydroxylation sites is 1. The molecule has 1 amide bonds. The molecule has 0 saturated heterocycles. The summed E-state index contributed by atoms with van der Waals surface area (Å²) in [7, 11) is 3.32. The molecular weight excluding hydrogens is 256 g/mol. The number of methoxy groups -OCH3 is 1. The number of carbonyl (C=O) groups is 1. The summed E-state index contributed by atoms with van der Waals surface area (Å²) in [6.07, 6.45) is 1.60. The second-order valence-corrected chi connectivity index (χ2v) is 4.54. The molecule has 6 nitrogen and oxygen atoms in total. The van der Waals surface area contributed by atoms with Gasteiger partial charge in [-0.25, -0.2) is 0 Å². The highest BCUT2D eigenvalue weighted by Crippen LogP contribution is 2.24. The Kier molecular flexibility index (Phi) is 3.93. The summed E-state index contributed by atoms with van der Waals surface area (Å²) < 4.78 is 6.80. The molecule has 0 fully saturated rings. The molecule has 106 valence electrons. The molecule has 2 aromatic rings. The lowest BCUT2D eigenvalue weighted by Gasteiger charge is -2.16. The third-order valence-corrected chi connectivity index (χ3v) is 3.03. The zero-order chi connectivity index (χ0) is 14.7. The van der Waals surface area contributed by atoms with Gasteiger partial charge in [-0.1, -0.05) is 18.2 Å². The van der Waals surface area contributed by atoms with Crippen LogP contribution in [0.2, 0.25) is 0 Å². The number of nitrogens with one attached hydrogen (secondary N) is 1. The van der Waals surface area contributed by atoms with Crippen LogP contribution in [-0.4, -0.2) is 22.8 Å². The van der Waals surface area contributed by atoms with E-state index in [4.69, 9.17) is 10.5 Å². The highest BCUT2D eigenvalue weighted by Gasteiger charge is 2.18. The number of aryl methyl sites for hydroxylation is 1. The Bertz CT molecular complexity index is 621. The van der Waals surface area contributed by atoms with Crippen molar-refractivity contribution in [1.82, 2.24) is 15.1 Å². The Morgan fingerprint density at radius 2 is 2.15 bits per heavy atom. The average Bonchev–Trinajstić information content (AvgIpc) is 2.77. The standard InChI is InChI=1S/C14H18N4O2/c1-9(10-6-4-5-7-12(10)20-3)16-14(19)13-11(15)8-18(2)17-13/h4-9H,15H2,1-3H3,(H,16,19). The Morgan fingerprint density at radius 3 is 2.75 bits per heavy atom. The van der Waals surface area contributed by atoms with Crippen molar-refractivity contribution in [2.75, 3.05) is 12.8 Å². The predicted molar refractivity (Wildman–Crippen MR) is 76.5 cm³/mol. The average molecular weight is 274 g/mol. The largest absolute Gasteiger partial charge is 0.496 e. The van der Waals surface area contributed by atoms with Crippen molar-refractivity contribution in [3.63, 3.8) is 0 Å². The summed E-state index contributed by atoms with van der Waals surface area (Å²) >= 11 is 0. The van der Waals surface area contributed by atoms with Crippen molar-refractivity contribution < 1.29 is 9.53 Å². The maximum atomic E-state index is 12.2. The van der Waals surface area contributed by atoms with Gasteiger partial charge in [0.1, 0.15) is 5.75 Å². The number of rotatable bonds is 4. The van der Waals surface area contributed by atoms with Crippen molar-refractivity contribution in [3.8, 4) is 5.75 Å². The second-order valence-electron chi connectivity index (χ2n) is 4.54. The fourth-order valence-corrected chi connectivity index (χ4v) is 2.05. The van der Waals surface area contributed by atoms with E-state index in [0.717, 1.165) is 11.3 Å². The SMILES string of the molecule is COc1ccccc1C(C)NC(=O)c1nn(C)cc1N. The number of hydrogen-bond donors (Lipinski definition) is 2. The Balaban J connectivity index is 2.17. The third-order valence-electron chi connectivity index (χ3n) is 3.03. The first-order chi connectivity index (χ1) is 9.52.